The molecule has 3 heterocycles. The van der Waals surface area contributed by atoms with Crippen molar-refractivity contribution in [3.63, 3.8) is 0 Å². The molecule has 5 heteroatoms. The minimum absolute atomic E-state index is 0.0262. The van der Waals surface area contributed by atoms with E-state index in [-0.39, 0.29) is 28.9 Å². The molecule has 2 aliphatic heterocycles. The van der Waals surface area contributed by atoms with Crippen molar-refractivity contribution in [2.45, 2.75) is 44.7 Å². The number of nitrogens with zero attached hydrogens (tertiary/aromatic N) is 3. The van der Waals surface area contributed by atoms with Crippen LogP contribution < -0.4 is 11.4 Å². The van der Waals surface area contributed by atoms with Crippen molar-refractivity contribution < 1.29 is 0 Å². The summed E-state index contributed by atoms with van der Waals surface area (Å²) in [5.74, 6) is 0.372. The topological polar surface area (TPSA) is 48.9 Å². The third-order valence-corrected chi connectivity index (χ3v) is 7.25. The van der Waals surface area contributed by atoms with Crippen molar-refractivity contribution in [3.8, 4) is 5.69 Å². The van der Waals surface area contributed by atoms with E-state index in [1.165, 1.54) is 23.0 Å². The molecule has 1 saturated carbocycles. The SMILES string of the molecule is CC1=C2CCCC[C@]23[C@@H]1[C@H]1C=C[C@H]3n2c(=O)n(-c3ccccc3)c(=O)n21. The van der Waals surface area contributed by atoms with Gasteiger partial charge in [0.15, 0.2) is 0 Å². The zero-order valence-electron chi connectivity index (χ0n) is 14.8. The van der Waals surface area contributed by atoms with Gasteiger partial charge in [0.2, 0.25) is 0 Å². The Bertz CT molecular complexity index is 1110. The van der Waals surface area contributed by atoms with E-state index in [0.717, 1.165) is 12.8 Å². The summed E-state index contributed by atoms with van der Waals surface area (Å²) in [5, 5.41) is 0. The van der Waals surface area contributed by atoms with Crippen molar-refractivity contribution >= 4 is 0 Å². The average Bonchev–Trinajstić information content (AvgIpc) is 2.94. The lowest BCUT2D eigenvalue weighted by molar-refractivity contribution is -0.00781. The first-order chi connectivity index (χ1) is 12.7. The van der Waals surface area contributed by atoms with Gasteiger partial charge in [0.25, 0.3) is 0 Å². The fraction of sp³-hybridized carbons (Fsp3) is 0.429. The maximum absolute atomic E-state index is 13.3. The van der Waals surface area contributed by atoms with Gasteiger partial charge in [0, 0.05) is 11.3 Å². The number of aromatic nitrogens is 3. The Balaban J connectivity index is 1.64. The molecule has 5 aliphatic rings. The predicted octanol–water partition coefficient (Wildman–Crippen LogP) is 2.97. The van der Waals surface area contributed by atoms with Gasteiger partial charge in [-0.15, -0.1) is 0 Å². The zero-order valence-corrected chi connectivity index (χ0v) is 14.8. The molecular weight excluding hydrogens is 326 g/mol. The van der Waals surface area contributed by atoms with E-state index in [1.54, 1.807) is 14.9 Å². The maximum atomic E-state index is 13.3. The quantitative estimate of drug-likeness (QED) is 0.745. The first-order valence-electron chi connectivity index (χ1n) is 9.56. The molecule has 0 unspecified atom stereocenters. The molecule has 4 atom stereocenters. The highest BCUT2D eigenvalue weighted by molar-refractivity contribution is 5.47. The van der Waals surface area contributed by atoms with Crippen molar-refractivity contribution in [1.82, 2.24) is 13.9 Å². The van der Waals surface area contributed by atoms with Gasteiger partial charge in [-0.1, -0.05) is 47.9 Å². The number of hydrogen-bond donors (Lipinski definition) is 0. The monoisotopic (exact) mass is 347 g/mol. The minimum Gasteiger partial charge on any atom is -0.245 e. The molecule has 0 N–H and O–H groups in total. The smallest absolute Gasteiger partial charge is 0.245 e. The molecule has 1 aromatic heterocycles. The Kier molecular flexibility index (Phi) is 2.57. The molecule has 2 bridgehead atoms. The first kappa shape index (κ1) is 14.6. The van der Waals surface area contributed by atoms with Crippen LogP contribution in [0.1, 0.15) is 44.7 Å². The fourth-order valence-electron chi connectivity index (χ4n) is 6.40. The molecule has 1 fully saturated rings. The summed E-state index contributed by atoms with van der Waals surface area (Å²) < 4.78 is 4.82. The molecule has 132 valence electrons. The first-order valence-corrected chi connectivity index (χ1v) is 9.56. The van der Waals surface area contributed by atoms with E-state index in [4.69, 9.17) is 0 Å². The van der Waals surface area contributed by atoms with Gasteiger partial charge < -0.3 is 0 Å². The van der Waals surface area contributed by atoms with Crippen molar-refractivity contribution in [2.24, 2.45) is 11.3 Å². The Morgan fingerprint density at radius 1 is 1.00 bits per heavy atom. The van der Waals surface area contributed by atoms with E-state index in [1.807, 2.05) is 30.3 Å². The van der Waals surface area contributed by atoms with E-state index < -0.39 is 0 Å². The van der Waals surface area contributed by atoms with Crippen LogP contribution in [0.5, 0.6) is 0 Å². The second-order valence-corrected chi connectivity index (χ2v) is 8.13. The molecule has 7 rings (SSSR count). The lowest BCUT2D eigenvalue weighted by Gasteiger charge is -2.64. The molecule has 2 aromatic rings. The summed E-state index contributed by atoms with van der Waals surface area (Å²) >= 11 is 0. The average molecular weight is 347 g/mol. The number of allylic oxidation sites excluding steroid dienone is 4. The van der Waals surface area contributed by atoms with Crippen molar-refractivity contribution in [1.29, 1.82) is 0 Å². The van der Waals surface area contributed by atoms with Crippen LogP contribution in [-0.2, 0) is 0 Å². The van der Waals surface area contributed by atoms with Gasteiger partial charge in [0.05, 0.1) is 17.8 Å². The molecular formula is C21H21N3O2. The molecule has 1 aromatic carbocycles. The zero-order chi connectivity index (χ0) is 17.6. The van der Waals surface area contributed by atoms with E-state index >= 15 is 0 Å². The Morgan fingerprint density at radius 2 is 1.77 bits per heavy atom. The van der Waals surface area contributed by atoms with Crippen LogP contribution in [0.3, 0.4) is 0 Å². The Hall–Kier alpha value is -2.56. The normalized spacial score (nSPS) is 33.5. The number of benzene rings is 1. The summed E-state index contributed by atoms with van der Waals surface area (Å²) in [5.41, 5.74) is 3.32. The van der Waals surface area contributed by atoms with E-state index in [2.05, 4.69) is 19.1 Å². The Morgan fingerprint density at radius 3 is 2.58 bits per heavy atom. The summed E-state index contributed by atoms with van der Waals surface area (Å²) in [6.07, 6.45) is 9.09. The molecule has 26 heavy (non-hydrogen) atoms. The molecule has 0 saturated heterocycles. The van der Waals surface area contributed by atoms with Gasteiger partial charge in [-0.25, -0.2) is 23.5 Å². The highest BCUT2D eigenvalue weighted by Crippen LogP contribution is 2.70. The van der Waals surface area contributed by atoms with Gasteiger partial charge >= 0.3 is 11.4 Å². The summed E-state index contributed by atoms with van der Waals surface area (Å²) in [6.45, 7) is 2.24. The van der Waals surface area contributed by atoms with Gasteiger partial charge in [-0.2, -0.15) is 0 Å². The Labute approximate surface area is 150 Å². The lowest BCUT2D eigenvalue weighted by Crippen LogP contribution is -2.61. The van der Waals surface area contributed by atoms with E-state index in [9.17, 15) is 9.59 Å². The van der Waals surface area contributed by atoms with Crippen LogP contribution in [0.25, 0.3) is 5.69 Å². The molecule has 0 amide bonds. The molecule has 5 nitrogen and oxygen atoms in total. The second-order valence-electron chi connectivity index (χ2n) is 8.13. The summed E-state index contributed by atoms with van der Waals surface area (Å²) in [6, 6.07) is 9.22. The summed E-state index contributed by atoms with van der Waals surface area (Å²) in [4.78, 5) is 26.5. The minimum atomic E-state index is -0.215. The lowest BCUT2D eigenvalue weighted by atomic mass is 9.44. The molecule has 3 aliphatic carbocycles. The largest absolute Gasteiger partial charge is 0.352 e. The third kappa shape index (κ3) is 1.38. The van der Waals surface area contributed by atoms with Crippen LogP contribution >= 0.6 is 0 Å². The fourth-order valence-corrected chi connectivity index (χ4v) is 6.40. The predicted molar refractivity (Wildman–Crippen MR) is 98.6 cm³/mol. The molecule has 0 radical (unpaired) electrons. The second kappa shape index (κ2) is 4.58. The van der Waals surface area contributed by atoms with Crippen LogP contribution in [0, 0.1) is 11.3 Å². The van der Waals surface area contributed by atoms with Crippen molar-refractivity contribution in [2.75, 3.05) is 0 Å². The van der Waals surface area contributed by atoms with Crippen LogP contribution in [-0.4, -0.2) is 13.9 Å². The van der Waals surface area contributed by atoms with Crippen LogP contribution in [0.2, 0.25) is 0 Å². The van der Waals surface area contributed by atoms with Crippen LogP contribution in [0.15, 0.2) is 63.2 Å². The number of hydrogen-bond acceptors (Lipinski definition) is 2. The van der Waals surface area contributed by atoms with Gasteiger partial charge in [-0.05, 0) is 38.3 Å². The van der Waals surface area contributed by atoms with E-state index in [0.29, 0.717) is 11.6 Å². The maximum Gasteiger partial charge on any atom is 0.352 e. The van der Waals surface area contributed by atoms with Crippen molar-refractivity contribution in [3.05, 3.63) is 74.6 Å². The highest BCUT2D eigenvalue weighted by Gasteiger charge is 2.64. The van der Waals surface area contributed by atoms with Gasteiger partial charge in [0.1, 0.15) is 0 Å². The summed E-state index contributed by atoms with van der Waals surface area (Å²) in [7, 11) is 0. The third-order valence-electron chi connectivity index (χ3n) is 7.25. The standard InChI is InChI=1S/C21H21N3O2/c1-13-15-9-5-6-12-21(15)17-11-10-16(18(13)21)23-19(25)22(20(26)24(17)23)14-7-3-2-4-8-14/h2-4,7-8,10-11,16-18H,5-6,9,12H2,1H3/t16-,17-,18+,21+/m1/s1. The van der Waals surface area contributed by atoms with Gasteiger partial charge in [-0.3, -0.25) is 0 Å². The number of para-hydroxylation sites is 1. The molecule has 1 spiro atoms. The van der Waals surface area contributed by atoms with Crippen LogP contribution in [0.4, 0.5) is 0 Å². The number of rotatable bonds is 1. The highest BCUT2D eigenvalue weighted by atomic mass is 16.2.